The Bertz CT molecular complexity index is 844. The Hall–Kier alpha value is -3.39. The maximum absolute atomic E-state index is 12.3. The maximum Gasteiger partial charge on any atom is 0.255 e. The number of aromatic nitrogens is 2. The summed E-state index contributed by atoms with van der Waals surface area (Å²) in [6, 6.07) is 18.7. The van der Waals surface area contributed by atoms with Crippen LogP contribution in [0.15, 0.2) is 67.0 Å². The first kappa shape index (κ1) is 15.5. The van der Waals surface area contributed by atoms with Gasteiger partial charge >= 0.3 is 0 Å². The van der Waals surface area contributed by atoms with Crippen molar-refractivity contribution in [1.82, 2.24) is 9.78 Å². The van der Waals surface area contributed by atoms with Gasteiger partial charge in [0.2, 0.25) is 0 Å². The highest BCUT2D eigenvalue weighted by Gasteiger charge is 2.06. The molecule has 24 heavy (non-hydrogen) atoms. The molecule has 3 rings (SSSR count). The normalized spacial score (nSPS) is 10.1. The van der Waals surface area contributed by atoms with E-state index < -0.39 is 0 Å². The van der Waals surface area contributed by atoms with Crippen LogP contribution in [-0.4, -0.2) is 15.7 Å². The molecule has 0 radical (unpaired) electrons. The predicted molar refractivity (Wildman–Crippen MR) is 91.5 cm³/mol. The average molecular weight is 316 g/mol. The predicted octanol–water partition coefficient (Wildman–Crippen LogP) is 3.25. The van der Waals surface area contributed by atoms with E-state index in [1.54, 1.807) is 30.5 Å². The zero-order valence-corrected chi connectivity index (χ0v) is 13.0. The molecule has 0 saturated carbocycles. The first-order chi connectivity index (χ1) is 11.7. The van der Waals surface area contributed by atoms with E-state index in [-0.39, 0.29) is 5.91 Å². The largest absolute Gasteiger partial charge is 0.322 e. The number of amides is 1. The molecule has 0 aliphatic heterocycles. The summed E-state index contributed by atoms with van der Waals surface area (Å²) in [5.41, 5.74) is 3.32. The number of benzene rings is 2. The van der Waals surface area contributed by atoms with Crippen molar-refractivity contribution < 1.29 is 4.79 Å². The molecule has 5 heteroatoms. The Balaban J connectivity index is 1.63. The molecule has 1 heterocycles. The van der Waals surface area contributed by atoms with Gasteiger partial charge in [0.05, 0.1) is 19.0 Å². The van der Waals surface area contributed by atoms with Gasteiger partial charge in [-0.1, -0.05) is 24.3 Å². The van der Waals surface area contributed by atoms with Crippen LogP contribution < -0.4 is 5.32 Å². The minimum atomic E-state index is -0.159. The lowest BCUT2D eigenvalue weighted by atomic mass is 10.1. The third-order valence-corrected chi connectivity index (χ3v) is 3.61. The number of anilines is 1. The Labute approximate surface area is 140 Å². The first-order valence-corrected chi connectivity index (χ1v) is 7.58. The van der Waals surface area contributed by atoms with E-state index in [1.807, 2.05) is 41.2 Å². The van der Waals surface area contributed by atoms with Gasteiger partial charge in [-0.05, 0) is 41.5 Å². The summed E-state index contributed by atoms with van der Waals surface area (Å²) in [7, 11) is 0. The van der Waals surface area contributed by atoms with Crippen LogP contribution in [0.4, 0.5) is 5.69 Å². The molecule has 1 N–H and O–H groups in total. The van der Waals surface area contributed by atoms with Crippen molar-refractivity contribution in [2.75, 3.05) is 5.32 Å². The van der Waals surface area contributed by atoms with Crippen molar-refractivity contribution in [2.45, 2.75) is 13.0 Å². The highest BCUT2D eigenvalue weighted by molar-refractivity contribution is 6.04. The molecule has 0 fully saturated rings. The first-order valence-electron chi connectivity index (χ1n) is 7.58. The molecule has 2 aromatic carbocycles. The summed E-state index contributed by atoms with van der Waals surface area (Å²) in [5.74, 6) is -0.159. The summed E-state index contributed by atoms with van der Waals surface area (Å²) in [6.45, 7) is 0.676. The number of carbonyl (C=O) groups is 1. The summed E-state index contributed by atoms with van der Waals surface area (Å²) in [4.78, 5) is 12.3. The summed E-state index contributed by atoms with van der Waals surface area (Å²) < 4.78 is 1.83. The van der Waals surface area contributed by atoms with Gasteiger partial charge in [0.25, 0.3) is 5.91 Å². The molecule has 3 aromatic rings. The monoisotopic (exact) mass is 316 g/mol. The molecule has 118 valence electrons. The summed E-state index contributed by atoms with van der Waals surface area (Å²) in [5, 5.41) is 15.7. The molecule has 1 amide bonds. The molecule has 0 bridgehead atoms. The molecular weight excluding hydrogens is 300 g/mol. The molecule has 1 aromatic heterocycles. The topological polar surface area (TPSA) is 70.7 Å². The lowest BCUT2D eigenvalue weighted by Crippen LogP contribution is -2.12. The highest BCUT2D eigenvalue weighted by atomic mass is 16.1. The molecule has 5 nitrogen and oxygen atoms in total. The number of nitrogens with one attached hydrogen (secondary N) is 1. The van der Waals surface area contributed by atoms with Gasteiger partial charge in [-0.15, -0.1) is 0 Å². The molecule has 0 aliphatic rings. The molecule has 0 saturated heterocycles. The van der Waals surface area contributed by atoms with Crippen molar-refractivity contribution in [3.63, 3.8) is 0 Å². The molecule has 0 spiro atoms. The highest BCUT2D eigenvalue weighted by Crippen LogP contribution is 2.13. The van der Waals surface area contributed by atoms with Crippen LogP contribution >= 0.6 is 0 Å². The lowest BCUT2D eigenvalue weighted by Gasteiger charge is -2.07. The fourth-order valence-electron chi connectivity index (χ4n) is 2.34. The van der Waals surface area contributed by atoms with Gasteiger partial charge in [-0.3, -0.25) is 9.48 Å². The van der Waals surface area contributed by atoms with Crippen LogP contribution in [0, 0.1) is 11.3 Å². The maximum atomic E-state index is 12.3. The SMILES string of the molecule is N#CCc1ccc(NC(=O)c2ccc(Cn3cccn3)cc2)cc1. The molecule has 0 unspecified atom stereocenters. The minimum Gasteiger partial charge on any atom is -0.322 e. The molecule has 0 atom stereocenters. The number of hydrogen-bond acceptors (Lipinski definition) is 3. The van der Waals surface area contributed by atoms with Crippen LogP contribution in [-0.2, 0) is 13.0 Å². The Morgan fingerprint density at radius 3 is 2.42 bits per heavy atom. The van der Waals surface area contributed by atoms with E-state index in [0.29, 0.717) is 24.2 Å². The fraction of sp³-hybridized carbons (Fsp3) is 0.105. The Morgan fingerprint density at radius 2 is 1.79 bits per heavy atom. The zero-order chi connectivity index (χ0) is 16.8. The van der Waals surface area contributed by atoms with E-state index in [1.165, 1.54) is 0 Å². The van der Waals surface area contributed by atoms with E-state index in [2.05, 4.69) is 16.5 Å². The second-order valence-electron chi connectivity index (χ2n) is 5.39. The quantitative estimate of drug-likeness (QED) is 0.785. The Kier molecular flexibility index (Phi) is 4.68. The number of nitriles is 1. The fourth-order valence-corrected chi connectivity index (χ4v) is 2.34. The van der Waals surface area contributed by atoms with Crippen LogP contribution in [0.5, 0.6) is 0 Å². The van der Waals surface area contributed by atoms with Crippen LogP contribution in [0.25, 0.3) is 0 Å². The van der Waals surface area contributed by atoms with E-state index >= 15 is 0 Å². The summed E-state index contributed by atoms with van der Waals surface area (Å²) in [6.07, 6.45) is 4.01. The second-order valence-corrected chi connectivity index (χ2v) is 5.39. The van der Waals surface area contributed by atoms with Gasteiger partial charge in [0, 0.05) is 23.6 Å². The van der Waals surface area contributed by atoms with Gasteiger partial charge < -0.3 is 5.32 Å². The molecular formula is C19H16N4O. The number of hydrogen-bond donors (Lipinski definition) is 1. The lowest BCUT2D eigenvalue weighted by molar-refractivity contribution is 0.102. The third-order valence-electron chi connectivity index (χ3n) is 3.61. The third kappa shape index (κ3) is 3.87. The van der Waals surface area contributed by atoms with Gasteiger partial charge in [-0.2, -0.15) is 10.4 Å². The van der Waals surface area contributed by atoms with Crippen molar-refractivity contribution >= 4 is 11.6 Å². The van der Waals surface area contributed by atoms with Crippen molar-refractivity contribution in [3.8, 4) is 6.07 Å². The number of nitrogens with zero attached hydrogens (tertiary/aromatic N) is 3. The van der Waals surface area contributed by atoms with E-state index in [9.17, 15) is 4.79 Å². The van der Waals surface area contributed by atoms with Crippen molar-refractivity contribution in [2.24, 2.45) is 0 Å². The van der Waals surface area contributed by atoms with E-state index in [0.717, 1.165) is 11.1 Å². The van der Waals surface area contributed by atoms with Crippen LogP contribution in [0.2, 0.25) is 0 Å². The standard InChI is InChI=1S/C19H16N4O/c20-11-10-15-4-8-18(9-5-15)22-19(24)17-6-2-16(3-7-17)14-23-13-1-12-21-23/h1-9,12-13H,10,14H2,(H,22,24). The Morgan fingerprint density at radius 1 is 1.08 bits per heavy atom. The molecule has 0 aliphatic carbocycles. The van der Waals surface area contributed by atoms with E-state index in [4.69, 9.17) is 5.26 Å². The van der Waals surface area contributed by atoms with Crippen molar-refractivity contribution in [3.05, 3.63) is 83.7 Å². The smallest absolute Gasteiger partial charge is 0.255 e. The summed E-state index contributed by atoms with van der Waals surface area (Å²) >= 11 is 0. The van der Waals surface area contributed by atoms with Crippen molar-refractivity contribution in [1.29, 1.82) is 5.26 Å². The van der Waals surface area contributed by atoms with Gasteiger partial charge in [0.15, 0.2) is 0 Å². The van der Waals surface area contributed by atoms with Gasteiger partial charge in [0.1, 0.15) is 0 Å². The van der Waals surface area contributed by atoms with Crippen LogP contribution in [0.1, 0.15) is 21.5 Å². The number of carbonyl (C=O) groups excluding carboxylic acids is 1. The zero-order valence-electron chi connectivity index (χ0n) is 13.0. The average Bonchev–Trinajstić information content (AvgIpc) is 3.10. The second kappa shape index (κ2) is 7.25. The number of rotatable bonds is 5. The minimum absolute atomic E-state index is 0.159. The van der Waals surface area contributed by atoms with Gasteiger partial charge in [-0.25, -0.2) is 0 Å². The van der Waals surface area contributed by atoms with Crippen LogP contribution in [0.3, 0.4) is 0 Å².